The number of methoxy groups -OCH3 is 2. The molecule has 3 aromatic rings. The van der Waals surface area contributed by atoms with Crippen molar-refractivity contribution in [3.63, 3.8) is 0 Å². The third-order valence-corrected chi connectivity index (χ3v) is 5.88. The van der Waals surface area contributed by atoms with Crippen LogP contribution in [-0.4, -0.2) is 30.1 Å². The molecule has 0 spiro atoms. The van der Waals surface area contributed by atoms with Crippen LogP contribution in [0.4, 0.5) is 4.39 Å². The number of nitrogens with one attached hydrogen (secondary N) is 1. The summed E-state index contributed by atoms with van der Waals surface area (Å²) in [4.78, 5) is 22.6. The maximum Gasteiger partial charge on any atom is 0.261 e. The number of rotatable bonds is 6. The zero-order valence-electron chi connectivity index (χ0n) is 14.9. The molecule has 1 aromatic carbocycles. The molecular formula is C18H17BrFN3O3S. The van der Waals surface area contributed by atoms with E-state index in [1.807, 2.05) is 6.92 Å². The number of carbonyl (C=O) groups is 1. The van der Waals surface area contributed by atoms with Gasteiger partial charge < -0.3 is 14.8 Å². The van der Waals surface area contributed by atoms with Crippen molar-refractivity contribution in [3.05, 3.63) is 50.3 Å². The molecular weight excluding hydrogens is 437 g/mol. The molecule has 3 rings (SSSR count). The van der Waals surface area contributed by atoms with E-state index in [9.17, 15) is 9.18 Å². The molecule has 0 unspecified atom stereocenters. The Labute approximate surface area is 167 Å². The summed E-state index contributed by atoms with van der Waals surface area (Å²) in [6.45, 7) is 2.27. The molecule has 0 saturated heterocycles. The van der Waals surface area contributed by atoms with Crippen molar-refractivity contribution in [1.29, 1.82) is 0 Å². The number of thiophene rings is 1. The Kier molecular flexibility index (Phi) is 6.03. The SMILES string of the molecule is COCc1nc(OC)c2c(C)c(C(=O)NCc3cc(F)ccc3Br)sc2n1. The third-order valence-electron chi connectivity index (χ3n) is 3.92. The van der Waals surface area contributed by atoms with Gasteiger partial charge in [-0.25, -0.2) is 9.37 Å². The van der Waals surface area contributed by atoms with Crippen LogP contribution >= 0.6 is 27.3 Å². The summed E-state index contributed by atoms with van der Waals surface area (Å²) in [6, 6.07) is 4.35. The van der Waals surface area contributed by atoms with E-state index in [0.717, 1.165) is 10.0 Å². The summed E-state index contributed by atoms with van der Waals surface area (Å²) < 4.78 is 24.6. The van der Waals surface area contributed by atoms with Gasteiger partial charge in [0.25, 0.3) is 5.91 Å². The topological polar surface area (TPSA) is 73.3 Å². The van der Waals surface area contributed by atoms with Crippen molar-refractivity contribution >= 4 is 43.4 Å². The number of amides is 1. The van der Waals surface area contributed by atoms with Gasteiger partial charge in [0.1, 0.15) is 17.3 Å². The van der Waals surface area contributed by atoms with E-state index in [1.165, 1.54) is 30.6 Å². The van der Waals surface area contributed by atoms with Crippen LogP contribution in [0.25, 0.3) is 10.2 Å². The zero-order chi connectivity index (χ0) is 19.6. The number of aryl methyl sites for hydroxylation is 1. The Morgan fingerprint density at radius 3 is 2.81 bits per heavy atom. The molecule has 0 aliphatic carbocycles. The molecule has 9 heteroatoms. The van der Waals surface area contributed by atoms with E-state index in [-0.39, 0.29) is 24.9 Å². The van der Waals surface area contributed by atoms with Gasteiger partial charge in [-0.3, -0.25) is 4.79 Å². The normalized spacial score (nSPS) is 11.0. The van der Waals surface area contributed by atoms with Crippen LogP contribution in [-0.2, 0) is 17.9 Å². The van der Waals surface area contributed by atoms with Gasteiger partial charge in [-0.05, 0) is 36.2 Å². The van der Waals surface area contributed by atoms with Crippen molar-refractivity contribution in [2.75, 3.05) is 14.2 Å². The van der Waals surface area contributed by atoms with Crippen LogP contribution in [0.2, 0.25) is 0 Å². The molecule has 142 valence electrons. The molecule has 0 saturated carbocycles. The summed E-state index contributed by atoms with van der Waals surface area (Å²) in [7, 11) is 3.08. The Balaban J connectivity index is 1.90. The summed E-state index contributed by atoms with van der Waals surface area (Å²) >= 11 is 4.62. The van der Waals surface area contributed by atoms with Gasteiger partial charge in [0.05, 0.1) is 17.4 Å². The van der Waals surface area contributed by atoms with E-state index in [0.29, 0.717) is 32.4 Å². The lowest BCUT2D eigenvalue weighted by Crippen LogP contribution is -2.22. The molecule has 27 heavy (non-hydrogen) atoms. The highest BCUT2D eigenvalue weighted by Crippen LogP contribution is 2.35. The lowest BCUT2D eigenvalue weighted by Gasteiger charge is -2.07. The van der Waals surface area contributed by atoms with Gasteiger partial charge in [0.15, 0.2) is 5.82 Å². The minimum Gasteiger partial charge on any atom is -0.480 e. The predicted molar refractivity (Wildman–Crippen MR) is 105 cm³/mol. The Bertz CT molecular complexity index is 1010. The maximum atomic E-state index is 13.4. The molecule has 1 N–H and O–H groups in total. The standard InChI is InChI=1S/C18H17BrFN3O3S/c1-9-14-17(26-3)22-13(8-25-2)23-18(14)27-15(9)16(24)21-7-10-6-11(20)4-5-12(10)19/h4-6H,7-8H2,1-3H3,(H,21,24). The lowest BCUT2D eigenvalue weighted by atomic mass is 10.2. The minimum absolute atomic E-state index is 0.197. The van der Waals surface area contributed by atoms with Crippen LogP contribution in [0.1, 0.15) is 26.6 Å². The van der Waals surface area contributed by atoms with Crippen molar-refractivity contribution in [3.8, 4) is 5.88 Å². The largest absolute Gasteiger partial charge is 0.480 e. The molecule has 2 heterocycles. The van der Waals surface area contributed by atoms with Crippen molar-refractivity contribution in [1.82, 2.24) is 15.3 Å². The molecule has 0 aliphatic rings. The average Bonchev–Trinajstić information content (AvgIpc) is 2.98. The maximum absolute atomic E-state index is 13.4. The Morgan fingerprint density at radius 1 is 1.33 bits per heavy atom. The van der Waals surface area contributed by atoms with Crippen LogP contribution in [0.3, 0.4) is 0 Å². The van der Waals surface area contributed by atoms with Crippen molar-refractivity contribution in [2.24, 2.45) is 0 Å². The van der Waals surface area contributed by atoms with Crippen molar-refractivity contribution in [2.45, 2.75) is 20.1 Å². The second-order valence-electron chi connectivity index (χ2n) is 5.74. The van der Waals surface area contributed by atoms with Gasteiger partial charge >= 0.3 is 0 Å². The third kappa shape index (κ3) is 4.10. The van der Waals surface area contributed by atoms with Crippen LogP contribution in [0, 0.1) is 12.7 Å². The number of halogens is 2. The summed E-state index contributed by atoms with van der Waals surface area (Å²) in [6.07, 6.45) is 0. The molecule has 0 aliphatic heterocycles. The summed E-state index contributed by atoms with van der Waals surface area (Å²) in [5.74, 6) is 0.277. The molecule has 6 nitrogen and oxygen atoms in total. The number of benzene rings is 1. The molecule has 1 amide bonds. The van der Waals surface area contributed by atoms with Gasteiger partial charge in [0, 0.05) is 18.1 Å². The van der Waals surface area contributed by atoms with Crippen molar-refractivity contribution < 1.29 is 18.7 Å². The van der Waals surface area contributed by atoms with Crippen LogP contribution in [0.15, 0.2) is 22.7 Å². The van der Waals surface area contributed by atoms with Gasteiger partial charge in [-0.15, -0.1) is 11.3 Å². The van der Waals surface area contributed by atoms with Gasteiger partial charge in [-0.1, -0.05) is 15.9 Å². The first kappa shape index (κ1) is 19.7. The van der Waals surface area contributed by atoms with E-state index in [4.69, 9.17) is 9.47 Å². The zero-order valence-corrected chi connectivity index (χ0v) is 17.3. The number of hydrogen-bond donors (Lipinski definition) is 1. The van der Waals surface area contributed by atoms with E-state index in [2.05, 4.69) is 31.2 Å². The number of carbonyl (C=O) groups excluding carboxylic acids is 1. The van der Waals surface area contributed by atoms with Gasteiger partial charge in [0.2, 0.25) is 5.88 Å². The first-order valence-corrected chi connectivity index (χ1v) is 9.60. The fraction of sp³-hybridized carbons (Fsp3) is 0.278. The highest BCUT2D eigenvalue weighted by atomic mass is 79.9. The highest BCUT2D eigenvalue weighted by Gasteiger charge is 2.21. The molecule has 2 aromatic heterocycles. The minimum atomic E-state index is -0.355. The second-order valence-corrected chi connectivity index (χ2v) is 7.59. The number of nitrogens with zero attached hydrogens (tertiary/aromatic N) is 2. The van der Waals surface area contributed by atoms with Crippen LogP contribution < -0.4 is 10.1 Å². The predicted octanol–water partition coefficient (Wildman–Crippen LogP) is 3.99. The van der Waals surface area contributed by atoms with E-state index >= 15 is 0 Å². The quantitative estimate of drug-likeness (QED) is 0.610. The summed E-state index contributed by atoms with van der Waals surface area (Å²) in [5, 5.41) is 3.53. The lowest BCUT2D eigenvalue weighted by molar-refractivity contribution is 0.0954. The number of ether oxygens (including phenoxy) is 2. The highest BCUT2D eigenvalue weighted by molar-refractivity contribution is 9.10. The molecule has 0 atom stereocenters. The molecule has 0 radical (unpaired) electrons. The monoisotopic (exact) mass is 453 g/mol. The smallest absolute Gasteiger partial charge is 0.261 e. The van der Waals surface area contributed by atoms with Gasteiger partial charge in [-0.2, -0.15) is 4.98 Å². The Hall–Kier alpha value is -2.10. The first-order valence-electron chi connectivity index (χ1n) is 7.99. The number of hydrogen-bond acceptors (Lipinski definition) is 6. The van der Waals surface area contributed by atoms with E-state index < -0.39 is 0 Å². The number of fused-ring (bicyclic) bond motifs is 1. The number of aromatic nitrogens is 2. The molecule has 0 bridgehead atoms. The Morgan fingerprint density at radius 2 is 2.11 bits per heavy atom. The van der Waals surface area contributed by atoms with Crippen LogP contribution in [0.5, 0.6) is 5.88 Å². The van der Waals surface area contributed by atoms with E-state index in [1.54, 1.807) is 13.2 Å². The first-order chi connectivity index (χ1) is 12.9. The average molecular weight is 454 g/mol. The fourth-order valence-electron chi connectivity index (χ4n) is 2.64. The summed E-state index contributed by atoms with van der Waals surface area (Å²) in [5.41, 5.74) is 1.40. The second kappa shape index (κ2) is 8.28. The molecule has 0 fully saturated rings. The fourth-order valence-corrected chi connectivity index (χ4v) is 4.13.